The van der Waals surface area contributed by atoms with E-state index in [0.717, 1.165) is 33.3 Å². The lowest BCUT2D eigenvalue weighted by atomic mass is 10.1. The number of carbonyl (C=O) groups is 1. The topological polar surface area (TPSA) is 51.0 Å². The van der Waals surface area contributed by atoms with Gasteiger partial charge in [-0.05, 0) is 18.9 Å². The van der Waals surface area contributed by atoms with Gasteiger partial charge in [0, 0.05) is 18.7 Å². The Morgan fingerprint density at radius 3 is 2.67 bits per heavy atom. The monoisotopic (exact) mass is 353 g/mol. The van der Waals surface area contributed by atoms with Crippen LogP contribution in [0.1, 0.15) is 24.5 Å². The number of benzene rings is 1. The molecule has 3 rings (SSSR count). The van der Waals surface area contributed by atoms with Crippen LogP contribution in [-0.4, -0.2) is 37.2 Å². The fraction of sp³-hybridized carbons (Fsp3) is 0.235. The maximum atomic E-state index is 11.8. The number of amides is 1. The zero-order chi connectivity index (χ0) is 17.3. The number of anilines is 1. The van der Waals surface area contributed by atoms with Crippen LogP contribution in [0.5, 0.6) is 0 Å². The largest absolute Gasteiger partial charge is 0.408 e. The Labute approximate surface area is 153 Å². The Morgan fingerprint density at radius 2 is 2.04 bits per heavy atom. The van der Waals surface area contributed by atoms with Gasteiger partial charge in [-0.1, -0.05) is 37.3 Å². The normalized spacial score (nSPS) is 10.8. The molecule has 0 N–H and O–H groups in total. The molecule has 3 aromatic rings. The second-order valence-electron chi connectivity index (χ2n) is 5.46. The number of aryl methyl sites for hydroxylation is 2. The third-order valence-corrected chi connectivity index (χ3v) is 5.73. The highest BCUT2D eigenvalue weighted by Gasteiger charge is 2.19. The van der Waals surface area contributed by atoms with Crippen molar-refractivity contribution in [1.29, 1.82) is 0 Å². The first-order valence-corrected chi connectivity index (χ1v) is 9.19. The van der Waals surface area contributed by atoms with Crippen LogP contribution in [-0.2, 0) is 11.2 Å². The maximum Gasteiger partial charge on any atom is 0.355 e. The molecule has 1 aromatic carbocycles. The first-order valence-electron chi connectivity index (χ1n) is 7.74. The molecule has 1 radical (unpaired) electrons. The van der Waals surface area contributed by atoms with Crippen molar-refractivity contribution in [3.63, 3.8) is 0 Å². The highest BCUT2D eigenvalue weighted by Crippen LogP contribution is 2.32. The minimum Gasteiger partial charge on any atom is -0.408 e. The SMILES string of the molecule is CCc1nn(-c2nc(C)sc2[N]([AlH])C(C)=O)cc1-c1ccccc1. The Balaban J connectivity index is 2.12. The zero-order valence-electron chi connectivity index (χ0n) is 14.0. The average Bonchev–Trinajstić information content (AvgIpc) is 3.18. The lowest BCUT2D eigenvalue weighted by Crippen LogP contribution is -2.25. The van der Waals surface area contributed by atoms with Gasteiger partial charge in [0.15, 0.2) is 11.7 Å². The van der Waals surface area contributed by atoms with E-state index in [1.54, 1.807) is 15.5 Å². The second-order valence-corrected chi connectivity index (χ2v) is 7.28. The molecule has 0 aliphatic rings. The molecule has 0 saturated carbocycles. The summed E-state index contributed by atoms with van der Waals surface area (Å²) in [6.45, 7) is 5.59. The van der Waals surface area contributed by atoms with E-state index in [1.807, 2.05) is 31.3 Å². The summed E-state index contributed by atoms with van der Waals surface area (Å²) >= 11 is 3.04. The molecular formula is C17H18AlN4OS. The molecule has 0 spiro atoms. The zero-order valence-corrected chi connectivity index (χ0v) is 16.2. The maximum absolute atomic E-state index is 11.8. The summed E-state index contributed by atoms with van der Waals surface area (Å²) in [7, 11) is 0. The number of rotatable bonds is 4. The van der Waals surface area contributed by atoms with Crippen LogP contribution in [0.3, 0.4) is 0 Å². The van der Waals surface area contributed by atoms with E-state index >= 15 is 0 Å². The summed E-state index contributed by atoms with van der Waals surface area (Å²) in [5, 5.41) is 6.45. The molecule has 1 amide bonds. The van der Waals surface area contributed by atoms with Gasteiger partial charge < -0.3 is 3.88 Å². The van der Waals surface area contributed by atoms with E-state index in [0.29, 0.717) is 5.82 Å². The molecule has 24 heavy (non-hydrogen) atoms. The van der Waals surface area contributed by atoms with E-state index in [9.17, 15) is 4.79 Å². The number of hydrogen-bond donors (Lipinski definition) is 0. The van der Waals surface area contributed by atoms with Gasteiger partial charge in [0.25, 0.3) is 0 Å². The van der Waals surface area contributed by atoms with Crippen LogP contribution >= 0.6 is 11.3 Å². The standard InChI is InChI=1S/C17H18N4OS.Al.H/c1-4-15-14(13-8-6-5-7-9-13)10-21(20-15)16-17(18-11(2)22)23-12(3)19-16;;/h5-10H,4H2,1-3H3,(H,18,22);;/q;+1;/p-1. The summed E-state index contributed by atoms with van der Waals surface area (Å²) in [4.78, 5) is 16.4. The fourth-order valence-electron chi connectivity index (χ4n) is 2.51. The lowest BCUT2D eigenvalue weighted by molar-refractivity contribution is -0.115. The molecule has 0 aliphatic heterocycles. The van der Waals surface area contributed by atoms with Gasteiger partial charge in [-0.25, -0.2) is 9.67 Å². The molecule has 2 aromatic heterocycles. The minimum atomic E-state index is -0.00983. The van der Waals surface area contributed by atoms with Gasteiger partial charge in [0.1, 0.15) is 5.00 Å². The average molecular weight is 353 g/mol. The van der Waals surface area contributed by atoms with E-state index in [-0.39, 0.29) is 5.91 Å². The summed E-state index contributed by atoms with van der Waals surface area (Å²) in [6.07, 6.45) is 2.84. The molecule has 0 fully saturated rings. The highest BCUT2D eigenvalue weighted by atomic mass is 32.1. The number of carbonyl (C=O) groups excluding carboxylic acids is 1. The molecule has 0 saturated heterocycles. The Morgan fingerprint density at radius 1 is 1.33 bits per heavy atom. The molecule has 5 nitrogen and oxygen atoms in total. The molecular weight excluding hydrogens is 335 g/mol. The van der Waals surface area contributed by atoms with Crippen molar-refractivity contribution in [2.45, 2.75) is 27.2 Å². The van der Waals surface area contributed by atoms with Crippen molar-refractivity contribution < 1.29 is 4.79 Å². The minimum absolute atomic E-state index is 0.00983. The summed E-state index contributed by atoms with van der Waals surface area (Å²) < 4.78 is 3.44. The molecule has 7 heteroatoms. The van der Waals surface area contributed by atoms with Crippen LogP contribution in [0.25, 0.3) is 16.9 Å². The van der Waals surface area contributed by atoms with Crippen LogP contribution in [0.15, 0.2) is 36.5 Å². The van der Waals surface area contributed by atoms with Gasteiger partial charge in [0.05, 0.1) is 10.7 Å². The Kier molecular flexibility index (Phi) is 4.86. The van der Waals surface area contributed by atoms with Crippen molar-refractivity contribution in [2.75, 3.05) is 3.88 Å². The van der Waals surface area contributed by atoms with E-state index < -0.39 is 0 Å². The van der Waals surface area contributed by atoms with E-state index in [2.05, 4.69) is 24.0 Å². The third-order valence-electron chi connectivity index (χ3n) is 3.75. The predicted octanol–water partition coefficient (Wildman–Crippen LogP) is 3.04. The van der Waals surface area contributed by atoms with Crippen molar-refractivity contribution in [3.05, 3.63) is 47.2 Å². The van der Waals surface area contributed by atoms with Crippen molar-refractivity contribution in [3.8, 4) is 16.9 Å². The molecule has 0 bridgehead atoms. The smallest absolute Gasteiger partial charge is 0.355 e. The number of hydrogen-bond acceptors (Lipinski definition) is 4. The Hall–Kier alpha value is -1.94. The van der Waals surface area contributed by atoms with Crippen LogP contribution < -0.4 is 3.88 Å². The third kappa shape index (κ3) is 3.16. The summed E-state index contributed by atoms with van der Waals surface area (Å²) in [5.41, 5.74) is 3.25. The second kappa shape index (κ2) is 6.90. The van der Waals surface area contributed by atoms with Crippen molar-refractivity contribution in [1.82, 2.24) is 14.8 Å². The number of aromatic nitrogens is 3. The number of thiazole rings is 1. The quantitative estimate of drug-likeness (QED) is 0.678. The van der Waals surface area contributed by atoms with Crippen molar-refractivity contribution >= 4 is 38.8 Å². The summed E-state index contributed by atoms with van der Waals surface area (Å²) in [5.74, 6) is 0.698. The first-order chi connectivity index (χ1) is 11.5. The lowest BCUT2D eigenvalue weighted by Gasteiger charge is -2.15. The van der Waals surface area contributed by atoms with Crippen molar-refractivity contribution in [2.24, 2.45) is 0 Å². The molecule has 0 atom stereocenters. The van der Waals surface area contributed by atoms with Gasteiger partial charge in [-0.15, -0.1) is 11.3 Å². The number of nitrogens with zero attached hydrogens (tertiary/aromatic N) is 4. The van der Waals surface area contributed by atoms with Gasteiger partial charge in [-0.2, -0.15) is 5.10 Å². The Bertz CT molecular complexity index is 872. The molecule has 0 unspecified atom stereocenters. The van der Waals surface area contributed by atoms with Crippen LogP contribution in [0.2, 0.25) is 0 Å². The molecule has 0 aliphatic carbocycles. The van der Waals surface area contributed by atoms with Crippen LogP contribution in [0.4, 0.5) is 5.00 Å². The summed E-state index contributed by atoms with van der Waals surface area (Å²) in [6, 6.07) is 10.2. The highest BCUT2D eigenvalue weighted by molar-refractivity contribution is 7.16. The van der Waals surface area contributed by atoms with E-state index in [1.165, 1.54) is 27.8 Å². The van der Waals surface area contributed by atoms with Gasteiger partial charge in [-0.3, -0.25) is 4.79 Å². The fourth-order valence-corrected chi connectivity index (χ4v) is 3.73. The first kappa shape index (κ1) is 16.9. The van der Waals surface area contributed by atoms with Gasteiger partial charge >= 0.3 is 16.5 Å². The van der Waals surface area contributed by atoms with E-state index in [4.69, 9.17) is 5.10 Å². The molecule has 121 valence electrons. The van der Waals surface area contributed by atoms with Crippen LogP contribution in [0, 0.1) is 6.92 Å². The molecule has 2 heterocycles. The predicted molar refractivity (Wildman–Crippen MR) is 99.1 cm³/mol. The van der Waals surface area contributed by atoms with Gasteiger partial charge in [0.2, 0.25) is 0 Å².